The van der Waals surface area contributed by atoms with E-state index in [0.717, 1.165) is 19.4 Å². The SMILES string of the molecule is C=C(C(=O)c1ccccc1)[C@]1(C)CCCO1. The van der Waals surface area contributed by atoms with Crippen LogP contribution < -0.4 is 0 Å². The van der Waals surface area contributed by atoms with E-state index in [2.05, 4.69) is 6.58 Å². The highest BCUT2D eigenvalue weighted by Crippen LogP contribution is 2.33. The van der Waals surface area contributed by atoms with Crippen molar-refractivity contribution in [3.63, 3.8) is 0 Å². The molecular weight excluding hydrogens is 200 g/mol. The predicted molar refractivity (Wildman–Crippen MR) is 63.5 cm³/mol. The second kappa shape index (κ2) is 4.22. The molecule has 0 N–H and O–H groups in total. The molecule has 1 atom stereocenters. The van der Waals surface area contributed by atoms with Gasteiger partial charge >= 0.3 is 0 Å². The van der Waals surface area contributed by atoms with Crippen molar-refractivity contribution in [2.75, 3.05) is 6.61 Å². The molecule has 2 nitrogen and oxygen atoms in total. The van der Waals surface area contributed by atoms with Gasteiger partial charge in [-0.15, -0.1) is 0 Å². The van der Waals surface area contributed by atoms with Crippen LogP contribution in [0.1, 0.15) is 30.1 Å². The molecule has 84 valence electrons. The van der Waals surface area contributed by atoms with Gasteiger partial charge in [0.1, 0.15) is 0 Å². The van der Waals surface area contributed by atoms with Crippen LogP contribution in [-0.2, 0) is 4.74 Å². The first-order chi connectivity index (χ1) is 7.63. The number of carbonyl (C=O) groups excluding carboxylic acids is 1. The van der Waals surface area contributed by atoms with Crippen LogP contribution in [0.2, 0.25) is 0 Å². The van der Waals surface area contributed by atoms with E-state index in [1.165, 1.54) is 0 Å². The topological polar surface area (TPSA) is 26.3 Å². The van der Waals surface area contributed by atoms with Crippen LogP contribution in [-0.4, -0.2) is 18.0 Å². The fourth-order valence-corrected chi connectivity index (χ4v) is 2.02. The standard InChI is InChI=1S/C14H16O2/c1-11(14(2)9-6-10-16-14)13(15)12-7-4-3-5-8-12/h3-5,7-8H,1,6,9-10H2,2H3/t14-/m0/s1. The molecule has 2 heteroatoms. The summed E-state index contributed by atoms with van der Waals surface area (Å²) in [5, 5.41) is 0. The molecule has 0 spiro atoms. The zero-order valence-corrected chi connectivity index (χ0v) is 9.53. The van der Waals surface area contributed by atoms with Crippen molar-refractivity contribution in [1.82, 2.24) is 0 Å². The van der Waals surface area contributed by atoms with E-state index in [4.69, 9.17) is 4.74 Å². The monoisotopic (exact) mass is 216 g/mol. The minimum Gasteiger partial charge on any atom is -0.370 e. The molecular formula is C14H16O2. The van der Waals surface area contributed by atoms with Gasteiger partial charge in [0, 0.05) is 17.7 Å². The number of Topliss-reactive ketones (excluding diaryl/α,β-unsaturated/α-hetero) is 1. The van der Waals surface area contributed by atoms with Crippen LogP contribution in [0.25, 0.3) is 0 Å². The lowest BCUT2D eigenvalue weighted by atomic mass is 9.88. The van der Waals surface area contributed by atoms with Crippen LogP contribution in [0, 0.1) is 0 Å². The Kier molecular flexibility index (Phi) is 2.92. The first-order valence-corrected chi connectivity index (χ1v) is 5.56. The number of hydrogen-bond acceptors (Lipinski definition) is 2. The number of ether oxygens (including phenoxy) is 1. The largest absolute Gasteiger partial charge is 0.370 e. The third-order valence-electron chi connectivity index (χ3n) is 3.17. The molecule has 2 rings (SSSR count). The van der Waals surface area contributed by atoms with Crippen LogP contribution in [0.3, 0.4) is 0 Å². The number of rotatable bonds is 3. The molecule has 0 aromatic heterocycles. The summed E-state index contributed by atoms with van der Waals surface area (Å²) in [6.45, 7) is 6.58. The fraction of sp³-hybridized carbons (Fsp3) is 0.357. The minimum atomic E-state index is -0.465. The van der Waals surface area contributed by atoms with E-state index < -0.39 is 5.60 Å². The Hall–Kier alpha value is -1.41. The molecule has 0 saturated carbocycles. The smallest absolute Gasteiger partial charge is 0.191 e. The van der Waals surface area contributed by atoms with Crippen LogP contribution in [0.15, 0.2) is 42.5 Å². The minimum absolute atomic E-state index is 0.00926. The Labute approximate surface area is 95.9 Å². The quantitative estimate of drug-likeness (QED) is 0.573. The molecule has 1 heterocycles. The summed E-state index contributed by atoms with van der Waals surface area (Å²) in [6.07, 6.45) is 1.88. The number of ketones is 1. The molecule has 1 fully saturated rings. The second-order valence-corrected chi connectivity index (χ2v) is 4.36. The Morgan fingerprint density at radius 3 is 2.62 bits per heavy atom. The van der Waals surface area contributed by atoms with Gasteiger partial charge in [0.2, 0.25) is 0 Å². The molecule has 0 aliphatic carbocycles. The molecule has 0 bridgehead atoms. The molecule has 16 heavy (non-hydrogen) atoms. The maximum Gasteiger partial charge on any atom is 0.191 e. The molecule has 0 amide bonds. The molecule has 1 aromatic carbocycles. The van der Waals surface area contributed by atoms with Gasteiger partial charge in [-0.25, -0.2) is 0 Å². The Balaban J connectivity index is 2.20. The Bertz CT molecular complexity index is 400. The zero-order valence-electron chi connectivity index (χ0n) is 9.53. The van der Waals surface area contributed by atoms with E-state index >= 15 is 0 Å². The molecule has 1 aromatic rings. The summed E-state index contributed by atoms with van der Waals surface area (Å²) >= 11 is 0. The Morgan fingerprint density at radius 2 is 2.06 bits per heavy atom. The summed E-state index contributed by atoms with van der Waals surface area (Å²) in [5.41, 5.74) is 0.785. The van der Waals surface area contributed by atoms with Gasteiger partial charge in [-0.3, -0.25) is 4.79 Å². The van der Waals surface area contributed by atoms with E-state index in [1.54, 1.807) is 0 Å². The van der Waals surface area contributed by atoms with Crippen molar-refractivity contribution in [2.24, 2.45) is 0 Å². The van der Waals surface area contributed by atoms with Gasteiger partial charge in [-0.05, 0) is 19.8 Å². The molecule has 1 aliphatic rings. The van der Waals surface area contributed by atoms with Gasteiger partial charge in [-0.2, -0.15) is 0 Å². The number of carbonyl (C=O) groups is 1. The van der Waals surface area contributed by atoms with Crippen molar-refractivity contribution in [1.29, 1.82) is 0 Å². The van der Waals surface area contributed by atoms with Gasteiger partial charge in [0.05, 0.1) is 5.60 Å². The lowest BCUT2D eigenvalue weighted by Gasteiger charge is -2.24. The summed E-state index contributed by atoms with van der Waals surface area (Å²) in [5.74, 6) is -0.00926. The van der Waals surface area contributed by atoms with Crippen LogP contribution in [0.5, 0.6) is 0 Å². The highest BCUT2D eigenvalue weighted by molar-refractivity contribution is 6.09. The Morgan fingerprint density at radius 1 is 1.38 bits per heavy atom. The lowest BCUT2D eigenvalue weighted by Crippen LogP contribution is -2.30. The highest BCUT2D eigenvalue weighted by Gasteiger charge is 2.36. The fourth-order valence-electron chi connectivity index (χ4n) is 2.02. The van der Waals surface area contributed by atoms with Crippen LogP contribution in [0.4, 0.5) is 0 Å². The van der Waals surface area contributed by atoms with Gasteiger partial charge in [-0.1, -0.05) is 36.9 Å². The van der Waals surface area contributed by atoms with E-state index in [9.17, 15) is 4.79 Å². The summed E-state index contributed by atoms with van der Waals surface area (Å²) in [4.78, 5) is 12.2. The van der Waals surface area contributed by atoms with E-state index in [-0.39, 0.29) is 5.78 Å². The summed E-state index contributed by atoms with van der Waals surface area (Å²) < 4.78 is 5.62. The first-order valence-electron chi connectivity index (χ1n) is 5.56. The third-order valence-corrected chi connectivity index (χ3v) is 3.17. The van der Waals surface area contributed by atoms with Crippen molar-refractivity contribution >= 4 is 5.78 Å². The highest BCUT2D eigenvalue weighted by atomic mass is 16.5. The normalized spacial score (nSPS) is 24.3. The van der Waals surface area contributed by atoms with Crippen molar-refractivity contribution in [2.45, 2.75) is 25.4 Å². The average Bonchev–Trinajstić information content (AvgIpc) is 2.77. The average molecular weight is 216 g/mol. The summed E-state index contributed by atoms with van der Waals surface area (Å²) in [7, 11) is 0. The van der Waals surface area contributed by atoms with Gasteiger partial charge < -0.3 is 4.74 Å². The summed E-state index contributed by atoms with van der Waals surface area (Å²) in [6, 6.07) is 9.24. The molecule has 0 unspecified atom stereocenters. The first kappa shape index (κ1) is 11.1. The maximum atomic E-state index is 12.2. The second-order valence-electron chi connectivity index (χ2n) is 4.36. The maximum absolute atomic E-state index is 12.2. The van der Waals surface area contributed by atoms with E-state index in [0.29, 0.717) is 11.1 Å². The molecule has 1 aliphatic heterocycles. The van der Waals surface area contributed by atoms with Gasteiger partial charge in [0.25, 0.3) is 0 Å². The third kappa shape index (κ3) is 1.93. The molecule has 0 radical (unpaired) electrons. The van der Waals surface area contributed by atoms with Crippen molar-refractivity contribution in [3.8, 4) is 0 Å². The van der Waals surface area contributed by atoms with E-state index in [1.807, 2.05) is 37.3 Å². The lowest BCUT2D eigenvalue weighted by molar-refractivity contribution is 0.0475. The number of benzene rings is 1. The van der Waals surface area contributed by atoms with Crippen molar-refractivity contribution in [3.05, 3.63) is 48.0 Å². The zero-order chi connectivity index (χ0) is 11.6. The van der Waals surface area contributed by atoms with Crippen LogP contribution >= 0.6 is 0 Å². The van der Waals surface area contributed by atoms with Gasteiger partial charge in [0.15, 0.2) is 5.78 Å². The van der Waals surface area contributed by atoms with Crippen molar-refractivity contribution < 1.29 is 9.53 Å². The predicted octanol–water partition coefficient (Wildman–Crippen LogP) is 2.99. The molecule has 1 saturated heterocycles. The number of hydrogen-bond donors (Lipinski definition) is 0.